The van der Waals surface area contributed by atoms with Crippen LogP contribution in [0, 0.1) is 0 Å². The minimum atomic E-state index is 0.600. The van der Waals surface area contributed by atoms with Crippen molar-refractivity contribution in [3.8, 4) is 10.4 Å². The fourth-order valence-corrected chi connectivity index (χ4v) is 1.79. The molecule has 0 atom stereocenters. The molecule has 66 valence electrons. The lowest BCUT2D eigenvalue weighted by atomic mass is 10.1. The highest BCUT2D eigenvalue weighted by Crippen LogP contribution is 2.22. The van der Waals surface area contributed by atoms with Crippen LogP contribution in [0.5, 0.6) is 0 Å². The van der Waals surface area contributed by atoms with Gasteiger partial charge < -0.3 is 5.73 Å². The van der Waals surface area contributed by atoms with E-state index in [0.29, 0.717) is 6.54 Å². The van der Waals surface area contributed by atoms with Crippen LogP contribution in [-0.2, 0) is 6.54 Å². The largest absolute Gasteiger partial charge is 0.326 e. The maximum Gasteiger partial charge on any atom is 0.0797 e. The van der Waals surface area contributed by atoms with E-state index < -0.39 is 0 Å². The number of thiazole rings is 1. The van der Waals surface area contributed by atoms with Crippen LogP contribution < -0.4 is 5.73 Å². The molecule has 2 aromatic rings. The summed E-state index contributed by atoms with van der Waals surface area (Å²) in [4.78, 5) is 5.23. The van der Waals surface area contributed by atoms with Crippen molar-refractivity contribution in [2.24, 2.45) is 5.73 Å². The summed E-state index contributed by atoms with van der Waals surface area (Å²) in [6.07, 6.45) is 1.88. The average Bonchev–Trinajstić information content (AvgIpc) is 2.71. The molecule has 0 fully saturated rings. The Labute approximate surface area is 81.1 Å². The summed E-state index contributed by atoms with van der Waals surface area (Å²) in [5.74, 6) is 0. The van der Waals surface area contributed by atoms with Crippen molar-refractivity contribution in [2.75, 3.05) is 0 Å². The Morgan fingerprint density at radius 2 is 2.00 bits per heavy atom. The van der Waals surface area contributed by atoms with Gasteiger partial charge in [0.2, 0.25) is 0 Å². The standard InChI is InChI=1S/C10H10N2S/c11-5-8-1-3-9(4-2-8)10-6-12-7-13-10/h1-4,6-7H,5,11H2. The third kappa shape index (κ3) is 1.76. The molecule has 0 spiro atoms. The third-order valence-corrected chi connectivity index (χ3v) is 2.73. The summed E-state index contributed by atoms with van der Waals surface area (Å²) in [5.41, 5.74) is 9.72. The number of rotatable bonds is 2. The molecule has 0 aliphatic heterocycles. The van der Waals surface area contributed by atoms with E-state index in [9.17, 15) is 0 Å². The highest BCUT2D eigenvalue weighted by atomic mass is 32.1. The average molecular weight is 190 g/mol. The molecule has 2 nitrogen and oxygen atoms in total. The maximum atomic E-state index is 5.51. The van der Waals surface area contributed by atoms with Crippen molar-refractivity contribution >= 4 is 11.3 Å². The van der Waals surface area contributed by atoms with E-state index in [4.69, 9.17) is 5.73 Å². The maximum absolute atomic E-state index is 5.51. The predicted molar refractivity (Wildman–Crippen MR) is 55.4 cm³/mol. The number of nitrogens with zero attached hydrogens (tertiary/aromatic N) is 1. The molecule has 0 aliphatic rings. The monoisotopic (exact) mass is 190 g/mol. The van der Waals surface area contributed by atoms with Crippen LogP contribution in [0.15, 0.2) is 36.0 Å². The van der Waals surface area contributed by atoms with Crippen LogP contribution in [0.1, 0.15) is 5.56 Å². The van der Waals surface area contributed by atoms with Gasteiger partial charge in [0.05, 0.1) is 10.4 Å². The second-order valence-corrected chi connectivity index (χ2v) is 3.65. The minimum Gasteiger partial charge on any atom is -0.326 e. The summed E-state index contributed by atoms with van der Waals surface area (Å²) in [7, 11) is 0. The lowest BCUT2D eigenvalue weighted by Gasteiger charge is -1.98. The second-order valence-electron chi connectivity index (χ2n) is 2.77. The second kappa shape index (κ2) is 3.68. The van der Waals surface area contributed by atoms with Crippen LogP contribution in [-0.4, -0.2) is 4.98 Å². The lowest BCUT2D eigenvalue weighted by molar-refractivity contribution is 1.07. The first-order valence-electron chi connectivity index (χ1n) is 4.08. The first kappa shape index (κ1) is 8.41. The van der Waals surface area contributed by atoms with Crippen LogP contribution in [0.3, 0.4) is 0 Å². The Balaban J connectivity index is 2.33. The highest BCUT2D eigenvalue weighted by molar-refractivity contribution is 7.13. The molecular formula is C10H10N2S. The van der Waals surface area contributed by atoms with E-state index in [-0.39, 0.29) is 0 Å². The predicted octanol–water partition coefficient (Wildman–Crippen LogP) is 2.27. The zero-order valence-corrected chi connectivity index (χ0v) is 7.92. The van der Waals surface area contributed by atoms with Crippen molar-refractivity contribution < 1.29 is 0 Å². The van der Waals surface area contributed by atoms with Crippen LogP contribution in [0.25, 0.3) is 10.4 Å². The zero-order chi connectivity index (χ0) is 9.10. The van der Waals surface area contributed by atoms with E-state index in [1.54, 1.807) is 11.3 Å². The summed E-state index contributed by atoms with van der Waals surface area (Å²) >= 11 is 1.65. The van der Waals surface area contributed by atoms with Gasteiger partial charge in [-0.2, -0.15) is 0 Å². The van der Waals surface area contributed by atoms with Gasteiger partial charge in [0.1, 0.15) is 0 Å². The fourth-order valence-electron chi connectivity index (χ4n) is 1.16. The van der Waals surface area contributed by atoms with Crippen LogP contribution >= 0.6 is 11.3 Å². The number of benzene rings is 1. The molecule has 0 saturated heterocycles. The molecule has 3 heteroatoms. The lowest BCUT2D eigenvalue weighted by Crippen LogP contribution is -1.94. The van der Waals surface area contributed by atoms with Gasteiger partial charge in [-0.15, -0.1) is 11.3 Å². The van der Waals surface area contributed by atoms with Gasteiger partial charge in [0.15, 0.2) is 0 Å². The Kier molecular flexibility index (Phi) is 2.38. The SMILES string of the molecule is NCc1ccc(-c2cncs2)cc1. The Morgan fingerprint density at radius 3 is 2.54 bits per heavy atom. The third-order valence-electron chi connectivity index (χ3n) is 1.91. The van der Waals surface area contributed by atoms with Crippen molar-refractivity contribution in [1.82, 2.24) is 4.98 Å². The van der Waals surface area contributed by atoms with E-state index in [1.807, 2.05) is 11.7 Å². The summed E-state index contributed by atoms with van der Waals surface area (Å²) in [5, 5.41) is 0. The topological polar surface area (TPSA) is 38.9 Å². The summed E-state index contributed by atoms with van der Waals surface area (Å²) < 4.78 is 0. The fraction of sp³-hybridized carbons (Fsp3) is 0.100. The van der Waals surface area contributed by atoms with Gasteiger partial charge in [0, 0.05) is 12.7 Å². The Hall–Kier alpha value is -1.19. The Morgan fingerprint density at radius 1 is 1.23 bits per heavy atom. The molecule has 0 bridgehead atoms. The van der Waals surface area contributed by atoms with Gasteiger partial charge in [-0.05, 0) is 11.1 Å². The van der Waals surface area contributed by atoms with Gasteiger partial charge in [-0.25, -0.2) is 0 Å². The van der Waals surface area contributed by atoms with Gasteiger partial charge in [-0.1, -0.05) is 24.3 Å². The highest BCUT2D eigenvalue weighted by Gasteiger charge is 1.97. The smallest absolute Gasteiger partial charge is 0.0797 e. The molecule has 2 N–H and O–H groups in total. The summed E-state index contributed by atoms with van der Waals surface area (Å²) in [6, 6.07) is 8.26. The normalized spacial score (nSPS) is 10.2. The molecule has 13 heavy (non-hydrogen) atoms. The molecule has 0 radical (unpaired) electrons. The summed E-state index contributed by atoms with van der Waals surface area (Å²) in [6.45, 7) is 0.600. The molecule has 2 rings (SSSR count). The molecule has 1 heterocycles. The van der Waals surface area contributed by atoms with Crippen molar-refractivity contribution in [3.63, 3.8) is 0 Å². The Bertz CT molecular complexity index is 364. The number of aromatic nitrogens is 1. The molecule has 1 aromatic heterocycles. The van der Waals surface area contributed by atoms with Crippen molar-refractivity contribution in [1.29, 1.82) is 0 Å². The zero-order valence-electron chi connectivity index (χ0n) is 7.10. The van der Waals surface area contributed by atoms with E-state index in [0.717, 1.165) is 5.56 Å². The first-order valence-corrected chi connectivity index (χ1v) is 4.96. The van der Waals surface area contributed by atoms with E-state index in [1.165, 1.54) is 10.4 Å². The number of nitrogens with two attached hydrogens (primary N) is 1. The molecule has 0 saturated carbocycles. The van der Waals surface area contributed by atoms with Gasteiger partial charge in [-0.3, -0.25) is 4.98 Å². The molecule has 0 amide bonds. The van der Waals surface area contributed by atoms with Crippen LogP contribution in [0.4, 0.5) is 0 Å². The van der Waals surface area contributed by atoms with Crippen LogP contribution in [0.2, 0.25) is 0 Å². The molecular weight excluding hydrogens is 180 g/mol. The van der Waals surface area contributed by atoms with E-state index >= 15 is 0 Å². The molecule has 1 aromatic carbocycles. The molecule has 0 unspecified atom stereocenters. The van der Waals surface area contributed by atoms with E-state index in [2.05, 4.69) is 29.2 Å². The molecule has 0 aliphatic carbocycles. The quantitative estimate of drug-likeness (QED) is 0.789. The van der Waals surface area contributed by atoms with Gasteiger partial charge in [0.25, 0.3) is 0 Å². The first-order chi connectivity index (χ1) is 6.40. The van der Waals surface area contributed by atoms with Gasteiger partial charge >= 0.3 is 0 Å². The van der Waals surface area contributed by atoms with Crippen molar-refractivity contribution in [3.05, 3.63) is 41.5 Å². The minimum absolute atomic E-state index is 0.600. The number of hydrogen-bond donors (Lipinski definition) is 1. The number of hydrogen-bond acceptors (Lipinski definition) is 3. The van der Waals surface area contributed by atoms with Crippen molar-refractivity contribution in [2.45, 2.75) is 6.54 Å².